The maximum absolute atomic E-state index is 13.2. The first kappa shape index (κ1) is 22.6. The molecule has 1 heterocycles. The van der Waals surface area contributed by atoms with E-state index in [9.17, 15) is 18.0 Å². The molecule has 0 atom stereocenters. The quantitative estimate of drug-likeness (QED) is 0.488. The van der Waals surface area contributed by atoms with E-state index in [-0.39, 0.29) is 18.1 Å². The number of carbonyl (C=O) groups excluding carboxylic acids is 1. The van der Waals surface area contributed by atoms with E-state index in [4.69, 9.17) is 9.47 Å². The number of halogens is 3. The van der Waals surface area contributed by atoms with Crippen LogP contribution < -0.4 is 14.8 Å². The second-order valence-electron chi connectivity index (χ2n) is 6.60. The highest BCUT2D eigenvalue weighted by molar-refractivity contribution is 7.13. The summed E-state index contributed by atoms with van der Waals surface area (Å²) in [7, 11) is 1.45. The van der Waals surface area contributed by atoms with Gasteiger partial charge in [-0.1, -0.05) is 25.1 Å². The second-order valence-corrected chi connectivity index (χ2v) is 7.46. The Balaban J connectivity index is 1.77. The Hall–Kier alpha value is -3.07. The maximum Gasteiger partial charge on any atom is 0.416 e. The van der Waals surface area contributed by atoms with Crippen molar-refractivity contribution in [1.82, 2.24) is 10.3 Å². The summed E-state index contributed by atoms with van der Waals surface area (Å²) in [6, 6.07) is 10.3. The van der Waals surface area contributed by atoms with E-state index in [1.165, 1.54) is 36.6 Å². The van der Waals surface area contributed by atoms with Gasteiger partial charge in [-0.3, -0.25) is 4.79 Å². The van der Waals surface area contributed by atoms with Crippen molar-refractivity contribution in [3.63, 3.8) is 0 Å². The molecule has 0 bridgehead atoms. The van der Waals surface area contributed by atoms with Gasteiger partial charge in [-0.2, -0.15) is 13.2 Å². The Bertz CT molecular complexity index is 1050. The Labute approximate surface area is 181 Å². The van der Waals surface area contributed by atoms with Gasteiger partial charge in [0.1, 0.15) is 17.3 Å². The minimum absolute atomic E-state index is 0.0313. The lowest BCUT2D eigenvalue weighted by Gasteiger charge is -2.15. The van der Waals surface area contributed by atoms with Gasteiger partial charge in [0.2, 0.25) is 0 Å². The van der Waals surface area contributed by atoms with Crippen molar-refractivity contribution in [2.45, 2.75) is 26.1 Å². The van der Waals surface area contributed by atoms with E-state index < -0.39 is 11.7 Å². The number of hydrogen-bond acceptors (Lipinski definition) is 5. The number of benzene rings is 2. The molecule has 5 nitrogen and oxygen atoms in total. The topological polar surface area (TPSA) is 60.5 Å². The highest BCUT2D eigenvalue weighted by Gasteiger charge is 2.33. The van der Waals surface area contributed by atoms with E-state index in [0.717, 1.165) is 12.5 Å². The first-order chi connectivity index (χ1) is 14.8. The molecule has 0 spiro atoms. The van der Waals surface area contributed by atoms with Crippen LogP contribution >= 0.6 is 11.3 Å². The molecule has 3 aromatic rings. The molecule has 0 aliphatic heterocycles. The fraction of sp³-hybridized carbons (Fsp3) is 0.273. The number of ether oxygens (including phenoxy) is 2. The van der Waals surface area contributed by atoms with E-state index >= 15 is 0 Å². The lowest BCUT2D eigenvalue weighted by Crippen LogP contribution is -2.24. The zero-order valence-corrected chi connectivity index (χ0v) is 17.8. The molecule has 164 valence electrons. The zero-order valence-electron chi connectivity index (χ0n) is 17.0. The van der Waals surface area contributed by atoms with Gasteiger partial charge in [-0.25, -0.2) is 4.98 Å². The lowest BCUT2D eigenvalue weighted by atomic mass is 10.1. The molecule has 2 aromatic carbocycles. The number of thiazole rings is 1. The third-order valence-electron chi connectivity index (χ3n) is 4.39. The van der Waals surface area contributed by atoms with E-state index in [0.29, 0.717) is 34.3 Å². The predicted molar refractivity (Wildman–Crippen MR) is 113 cm³/mol. The Morgan fingerprint density at radius 2 is 1.94 bits per heavy atom. The van der Waals surface area contributed by atoms with Crippen molar-refractivity contribution in [3.8, 4) is 22.1 Å². The number of carbonyl (C=O) groups is 1. The minimum Gasteiger partial charge on any atom is -0.493 e. The number of methoxy groups -OCH3 is 1. The van der Waals surface area contributed by atoms with Crippen LogP contribution in [0.2, 0.25) is 0 Å². The Kier molecular flexibility index (Phi) is 7.17. The number of aromatic nitrogens is 1. The molecule has 3 rings (SSSR count). The minimum atomic E-state index is -4.46. The van der Waals surface area contributed by atoms with Gasteiger partial charge >= 0.3 is 6.18 Å². The molecule has 0 saturated heterocycles. The van der Waals surface area contributed by atoms with Crippen molar-refractivity contribution >= 4 is 17.2 Å². The predicted octanol–water partition coefficient (Wildman–Crippen LogP) is 5.56. The third-order valence-corrected chi connectivity index (χ3v) is 5.28. The number of hydrogen-bond donors (Lipinski definition) is 1. The SMILES string of the molecule is CCCNC(=O)c1csc(-c2ccc(OCc3ccccc3C(F)(F)F)c(OC)c2)n1. The van der Waals surface area contributed by atoms with E-state index in [1.54, 1.807) is 23.6 Å². The highest BCUT2D eigenvalue weighted by atomic mass is 32.1. The van der Waals surface area contributed by atoms with Gasteiger partial charge < -0.3 is 14.8 Å². The molecule has 0 saturated carbocycles. The number of alkyl halides is 3. The number of amides is 1. The average molecular weight is 450 g/mol. The number of nitrogens with one attached hydrogen (secondary N) is 1. The first-order valence-corrected chi connectivity index (χ1v) is 10.4. The standard InChI is InChI=1S/C22H21F3N2O3S/c1-3-10-26-20(28)17-13-31-21(27-17)14-8-9-18(19(11-14)29-2)30-12-15-6-4-5-7-16(15)22(23,24)25/h4-9,11,13H,3,10,12H2,1-2H3,(H,26,28). The van der Waals surface area contributed by atoms with Crippen LogP contribution in [0.5, 0.6) is 11.5 Å². The second kappa shape index (κ2) is 9.82. The Morgan fingerprint density at radius 1 is 1.16 bits per heavy atom. The highest BCUT2D eigenvalue weighted by Crippen LogP contribution is 2.36. The van der Waals surface area contributed by atoms with Gasteiger partial charge in [0, 0.05) is 23.1 Å². The molecule has 0 aliphatic rings. The fourth-order valence-corrected chi connectivity index (χ4v) is 3.63. The van der Waals surface area contributed by atoms with Crippen molar-refractivity contribution in [1.29, 1.82) is 0 Å². The van der Waals surface area contributed by atoms with Crippen LogP contribution in [-0.2, 0) is 12.8 Å². The van der Waals surface area contributed by atoms with Crippen LogP contribution in [0.4, 0.5) is 13.2 Å². The van der Waals surface area contributed by atoms with Gasteiger partial charge in [-0.15, -0.1) is 11.3 Å². The zero-order chi connectivity index (χ0) is 22.4. The van der Waals surface area contributed by atoms with Crippen molar-refractivity contribution in [2.24, 2.45) is 0 Å². The van der Waals surface area contributed by atoms with Crippen molar-refractivity contribution in [3.05, 3.63) is 64.7 Å². The summed E-state index contributed by atoms with van der Waals surface area (Å²) >= 11 is 1.31. The number of nitrogens with zero attached hydrogens (tertiary/aromatic N) is 1. The van der Waals surface area contributed by atoms with Gasteiger partial charge in [0.25, 0.3) is 5.91 Å². The molecule has 0 fully saturated rings. The molecule has 1 N–H and O–H groups in total. The molecular formula is C22H21F3N2O3S. The molecule has 1 aromatic heterocycles. The van der Waals surface area contributed by atoms with E-state index in [2.05, 4.69) is 10.3 Å². The van der Waals surface area contributed by atoms with Crippen molar-refractivity contribution in [2.75, 3.05) is 13.7 Å². The summed E-state index contributed by atoms with van der Waals surface area (Å²) in [4.78, 5) is 16.4. The monoisotopic (exact) mass is 450 g/mol. The smallest absolute Gasteiger partial charge is 0.416 e. The fourth-order valence-electron chi connectivity index (χ4n) is 2.84. The average Bonchev–Trinajstić information content (AvgIpc) is 3.26. The third kappa shape index (κ3) is 5.55. The van der Waals surface area contributed by atoms with Gasteiger partial charge in [0.05, 0.1) is 12.7 Å². The summed E-state index contributed by atoms with van der Waals surface area (Å²) in [6.07, 6.45) is -3.63. The van der Waals surface area contributed by atoms with Crippen LogP contribution in [0.3, 0.4) is 0 Å². The molecule has 0 radical (unpaired) electrons. The maximum atomic E-state index is 13.2. The largest absolute Gasteiger partial charge is 0.493 e. The van der Waals surface area contributed by atoms with E-state index in [1.807, 2.05) is 6.92 Å². The molecular weight excluding hydrogens is 429 g/mol. The van der Waals surface area contributed by atoms with Crippen LogP contribution in [0, 0.1) is 0 Å². The lowest BCUT2D eigenvalue weighted by molar-refractivity contribution is -0.138. The molecule has 1 amide bonds. The molecule has 31 heavy (non-hydrogen) atoms. The normalized spacial score (nSPS) is 11.3. The summed E-state index contributed by atoms with van der Waals surface area (Å²) < 4.78 is 50.5. The summed E-state index contributed by atoms with van der Waals surface area (Å²) in [5, 5.41) is 5.06. The van der Waals surface area contributed by atoms with Crippen LogP contribution in [-0.4, -0.2) is 24.5 Å². The van der Waals surface area contributed by atoms with Crippen molar-refractivity contribution < 1.29 is 27.4 Å². The van der Waals surface area contributed by atoms with Gasteiger partial charge in [0.15, 0.2) is 11.5 Å². The van der Waals surface area contributed by atoms with Crippen LogP contribution in [0.25, 0.3) is 10.6 Å². The van der Waals surface area contributed by atoms with Gasteiger partial charge in [-0.05, 0) is 30.7 Å². The summed E-state index contributed by atoms with van der Waals surface area (Å²) in [5.74, 6) is 0.425. The summed E-state index contributed by atoms with van der Waals surface area (Å²) in [6.45, 7) is 2.28. The first-order valence-electron chi connectivity index (χ1n) is 9.53. The Morgan fingerprint density at radius 3 is 2.65 bits per heavy atom. The molecule has 0 aliphatic carbocycles. The number of rotatable bonds is 8. The summed E-state index contributed by atoms with van der Waals surface area (Å²) in [5.41, 5.74) is 0.335. The molecule has 9 heteroatoms. The molecule has 0 unspecified atom stereocenters. The van der Waals surface area contributed by atoms with Crippen LogP contribution in [0.15, 0.2) is 47.8 Å². The van der Waals surface area contributed by atoms with Crippen LogP contribution in [0.1, 0.15) is 35.0 Å².